The van der Waals surface area contributed by atoms with Crippen molar-refractivity contribution in [2.75, 3.05) is 6.61 Å². The van der Waals surface area contributed by atoms with E-state index in [0.717, 1.165) is 6.61 Å². The van der Waals surface area contributed by atoms with Crippen molar-refractivity contribution in [3.8, 4) is 0 Å². The molecule has 10 heavy (non-hydrogen) atoms. The van der Waals surface area contributed by atoms with Crippen molar-refractivity contribution in [1.82, 2.24) is 0 Å². The van der Waals surface area contributed by atoms with E-state index in [1.807, 2.05) is 0 Å². The average molecular weight is 196 g/mol. The number of hydrogen-bond acceptors (Lipinski definition) is 3. The third kappa shape index (κ3) is 6.61. The van der Waals surface area contributed by atoms with Gasteiger partial charge in [-0.25, -0.2) is 0 Å². The van der Waals surface area contributed by atoms with Crippen LogP contribution in [0.4, 0.5) is 0 Å². The van der Waals surface area contributed by atoms with Gasteiger partial charge in [-0.2, -0.15) is 0 Å². The van der Waals surface area contributed by atoms with Gasteiger partial charge in [-0.1, -0.05) is 0 Å². The fraction of sp³-hybridized carbons (Fsp3) is 1.00. The maximum Gasteiger partial charge on any atom is 0.0465 e. The Kier molecular flexibility index (Phi) is 7.97. The maximum atomic E-state index is 8.50. The second-order valence-electron chi connectivity index (χ2n) is 2.26. The fourth-order valence-electron chi connectivity index (χ4n) is 0.902. The average Bonchev–Trinajstić information content (AvgIpc) is 1.91. The molecule has 0 N–H and O–H groups in total. The summed E-state index contributed by atoms with van der Waals surface area (Å²) in [6.07, 6.45) is 4.01. The van der Waals surface area contributed by atoms with Gasteiger partial charge in [-0.05, 0) is 19.3 Å². The van der Waals surface area contributed by atoms with Crippen LogP contribution in [0.25, 0.3) is 0 Å². The molecule has 0 bridgehead atoms. The summed E-state index contributed by atoms with van der Waals surface area (Å²) >= 11 is -2.00. The molecule has 0 aromatic carbocycles. The molecule has 1 aliphatic rings. The van der Waals surface area contributed by atoms with Crippen molar-refractivity contribution >= 4 is 10.2 Å². The summed E-state index contributed by atoms with van der Waals surface area (Å²) in [6.45, 7) is 1.02. The van der Waals surface area contributed by atoms with Crippen LogP contribution in [0.3, 0.4) is 0 Å². The molecule has 1 rings (SSSR count). The second kappa shape index (κ2) is 7.60. The first kappa shape index (κ1) is 10.5. The molecule has 0 saturated carbocycles. The molecule has 0 amide bonds. The van der Waals surface area contributed by atoms with E-state index in [2.05, 4.69) is 0 Å². The Hall–Kier alpha value is 0.491. The second-order valence-corrected chi connectivity index (χ2v) is 3.81. The molecule has 1 aliphatic heterocycles. The molecule has 1 fully saturated rings. The van der Waals surface area contributed by atoms with Gasteiger partial charge in [0.05, 0.1) is 0 Å². The van der Waals surface area contributed by atoms with Crippen LogP contribution in [-0.2, 0) is 30.5 Å². The van der Waals surface area contributed by atoms with E-state index >= 15 is 0 Å². The summed E-state index contributed by atoms with van der Waals surface area (Å²) in [6, 6.07) is 0. The molecular weight excluding hydrogens is 184 g/mol. The smallest absolute Gasteiger partial charge is 0.0465 e. The zero-order valence-electron chi connectivity index (χ0n) is 6.13. The van der Waals surface area contributed by atoms with E-state index in [4.69, 9.17) is 11.4 Å². The van der Waals surface area contributed by atoms with E-state index in [1.165, 1.54) is 29.5 Å². The van der Waals surface area contributed by atoms with Gasteiger partial charge < -0.3 is 4.74 Å². The monoisotopic (exact) mass is 196 g/mol. The van der Waals surface area contributed by atoms with Crippen molar-refractivity contribution < 1.29 is 30.5 Å². The molecule has 3 nitrogen and oxygen atoms in total. The first-order valence-corrected chi connectivity index (χ1v) is 5.85. The predicted molar refractivity (Wildman–Crippen MR) is 34.9 cm³/mol. The molecule has 5 heteroatoms. The molecule has 58 valence electrons. The van der Waals surface area contributed by atoms with Gasteiger partial charge in [-0.15, -0.1) is 0 Å². The quantitative estimate of drug-likeness (QED) is 0.497. The molecule has 0 radical (unpaired) electrons. The van der Waals surface area contributed by atoms with Crippen molar-refractivity contribution in [3.05, 3.63) is 0 Å². The SMILES string of the molecule is [O]=[Ti]=[O].[SiH3]C1CCCCO1. The predicted octanol–water partition coefficient (Wildman–Crippen LogP) is -0.362. The van der Waals surface area contributed by atoms with Gasteiger partial charge in [0.2, 0.25) is 0 Å². The minimum atomic E-state index is -2.00. The van der Waals surface area contributed by atoms with Crippen LogP contribution in [0.5, 0.6) is 0 Å². The topological polar surface area (TPSA) is 43.4 Å². The van der Waals surface area contributed by atoms with Crippen LogP contribution in [0, 0.1) is 0 Å². The third-order valence-electron chi connectivity index (χ3n) is 1.41. The molecule has 0 aromatic rings. The number of ether oxygens (including phenoxy) is 1. The molecule has 0 aromatic heterocycles. The van der Waals surface area contributed by atoms with Gasteiger partial charge in [0.15, 0.2) is 0 Å². The van der Waals surface area contributed by atoms with E-state index in [9.17, 15) is 0 Å². The third-order valence-corrected chi connectivity index (χ3v) is 2.32. The van der Waals surface area contributed by atoms with Crippen molar-refractivity contribution in [2.24, 2.45) is 0 Å². The van der Waals surface area contributed by atoms with E-state index in [0.29, 0.717) is 5.73 Å². The van der Waals surface area contributed by atoms with Crippen LogP contribution in [-0.4, -0.2) is 22.6 Å². The Bertz CT molecular complexity index is 107. The van der Waals surface area contributed by atoms with Crippen LogP contribution >= 0.6 is 0 Å². The summed E-state index contributed by atoms with van der Waals surface area (Å²) in [7, 11) is 1.23. The van der Waals surface area contributed by atoms with Gasteiger partial charge in [0.1, 0.15) is 0 Å². The van der Waals surface area contributed by atoms with Crippen LogP contribution in [0.1, 0.15) is 19.3 Å². The maximum absolute atomic E-state index is 8.50. The van der Waals surface area contributed by atoms with Gasteiger partial charge >= 0.3 is 25.7 Å². The zero-order valence-corrected chi connectivity index (χ0v) is 9.69. The Morgan fingerprint density at radius 1 is 1.40 bits per heavy atom. The van der Waals surface area contributed by atoms with Gasteiger partial charge in [0, 0.05) is 22.6 Å². The first-order valence-electron chi connectivity index (χ1n) is 3.42. The molecule has 1 atom stereocenters. The van der Waals surface area contributed by atoms with Gasteiger partial charge in [0.25, 0.3) is 0 Å². The Morgan fingerprint density at radius 3 is 2.20 bits per heavy atom. The molecule has 1 heterocycles. The minimum Gasteiger partial charge on any atom is -0.383 e. The van der Waals surface area contributed by atoms with Crippen LogP contribution in [0.15, 0.2) is 0 Å². The molecular formula is C5H12O3SiTi. The Morgan fingerprint density at radius 2 is 2.00 bits per heavy atom. The normalized spacial score (nSPS) is 24.2. The summed E-state index contributed by atoms with van der Waals surface area (Å²) in [5, 5.41) is 0. The summed E-state index contributed by atoms with van der Waals surface area (Å²) in [4.78, 5) is 0. The molecule has 1 saturated heterocycles. The summed E-state index contributed by atoms with van der Waals surface area (Å²) in [5.74, 6) is 0. The summed E-state index contributed by atoms with van der Waals surface area (Å²) < 4.78 is 22.3. The minimum absolute atomic E-state index is 0.675. The van der Waals surface area contributed by atoms with Crippen LogP contribution < -0.4 is 0 Å². The van der Waals surface area contributed by atoms with Crippen molar-refractivity contribution in [2.45, 2.75) is 25.0 Å². The van der Waals surface area contributed by atoms with E-state index in [1.54, 1.807) is 0 Å². The fourth-order valence-corrected chi connectivity index (χ4v) is 1.55. The summed E-state index contributed by atoms with van der Waals surface area (Å²) in [5.41, 5.74) is 0.675. The molecule has 0 spiro atoms. The largest absolute Gasteiger partial charge is 0.383 e. The number of rotatable bonds is 0. The number of hydrogen-bond donors (Lipinski definition) is 0. The van der Waals surface area contributed by atoms with Crippen molar-refractivity contribution in [1.29, 1.82) is 0 Å². The zero-order chi connectivity index (χ0) is 7.82. The standard InChI is InChI=1S/C5H12OSi.2O.Ti/c7-5-3-1-2-4-6-5;;;/h5H,1-4H2,7H3;;;. The Balaban J connectivity index is 0.000000236. The van der Waals surface area contributed by atoms with Gasteiger partial charge in [-0.3, -0.25) is 0 Å². The van der Waals surface area contributed by atoms with E-state index in [-0.39, 0.29) is 0 Å². The van der Waals surface area contributed by atoms with E-state index < -0.39 is 19.1 Å². The molecule has 1 unspecified atom stereocenters. The molecule has 0 aliphatic carbocycles. The van der Waals surface area contributed by atoms with Crippen molar-refractivity contribution in [3.63, 3.8) is 0 Å². The first-order chi connectivity index (χ1) is 4.81. The Labute approximate surface area is 72.5 Å². The van der Waals surface area contributed by atoms with Crippen LogP contribution in [0.2, 0.25) is 0 Å².